The van der Waals surface area contributed by atoms with Crippen molar-refractivity contribution >= 4 is 35.3 Å². The van der Waals surface area contributed by atoms with Gasteiger partial charge in [0.2, 0.25) is 5.91 Å². The van der Waals surface area contributed by atoms with Crippen LogP contribution in [0.4, 0.5) is 10.5 Å². The van der Waals surface area contributed by atoms with E-state index in [0.717, 1.165) is 22.3 Å². The summed E-state index contributed by atoms with van der Waals surface area (Å²) in [4.78, 5) is 35.2. The van der Waals surface area contributed by atoms with Crippen LogP contribution in [0, 0.1) is 0 Å². The molecule has 4 rings (SSSR count). The molecule has 0 unspecified atom stereocenters. The molecule has 0 fully saturated rings. The number of carboxylic acid groups (broad SMARTS) is 1. The number of benzene rings is 3. The summed E-state index contributed by atoms with van der Waals surface area (Å²) in [5.74, 6) is -1.74. The van der Waals surface area contributed by atoms with Gasteiger partial charge in [-0.3, -0.25) is 4.79 Å². The van der Waals surface area contributed by atoms with Gasteiger partial charge in [0, 0.05) is 11.6 Å². The fourth-order valence-electron chi connectivity index (χ4n) is 3.77. The van der Waals surface area contributed by atoms with Gasteiger partial charge in [-0.15, -0.1) is 0 Å². The van der Waals surface area contributed by atoms with Crippen LogP contribution in [0.1, 0.15) is 27.4 Å². The van der Waals surface area contributed by atoms with Crippen molar-refractivity contribution in [3.63, 3.8) is 0 Å². The lowest BCUT2D eigenvalue weighted by Crippen LogP contribution is -2.34. The molecule has 7 nitrogen and oxygen atoms in total. The number of anilines is 1. The summed E-state index contributed by atoms with van der Waals surface area (Å²) in [6.07, 6.45) is -0.707. The maximum absolute atomic E-state index is 12.2. The van der Waals surface area contributed by atoms with Crippen LogP contribution >= 0.6 is 11.6 Å². The number of amides is 2. The van der Waals surface area contributed by atoms with E-state index in [9.17, 15) is 14.4 Å². The number of rotatable bonds is 6. The lowest BCUT2D eigenvalue weighted by atomic mass is 9.98. The van der Waals surface area contributed by atoms with Crippen molar-refractivity contribution in [3.05, 3.63) is 88.4 Å². The van der Waals surface area contributed by atoms with Gasteiger partial charge in [-0.1, -0.05) is 60.1 Å². The van der Waals surface area contributed by atoms with Gasteiger partial charge in [-0.05, 0) is 40.5 Å². The number of nitrogens with one attached hydrogen (secondary N) is 2. The van der Waals surface area contributed by atoms with Gasteiger partial charge in [0.25, 0.3) is 0 Å². The molecule has 8 heteroatoms. The second kappa shape index (κ2) is 9.11. The summed E-state index contributed by atoms with van der Waals surface area (Å²) in [6, 6.07) is 20.1. The van der Waals surface area contributed by atoms with E-state index < -0.39 is 18.0 Å². The number of hydrogen-bond donors (Lipinski definition) is 3. The Labute approximate surface area is 189 Å². The topological polar surface area (TPSA) is 105 Å². The first-order chi connectivity index (χ1) is 15.4. The third kappa shape index (κ3) is 4.43. The highest BCUT2D eigenvalue weighted by Gasteiger charge is 2.29. The van der Waals surface area contributed by atoms with Crippen LogP contribution in [0.5, 0.6) is 0 Å². The molecule has 0 saturated heterocycles. The Hall–Kier alpha value is -3.84. The van der Waals surface area contributed by atoms with Crippen molar-refractivity contribution in [1.82, 2.24) is 5.32 Å². The summed E-state index contributed by atoms with van der Waals surface area (Å²) in [5, 5.41) is 13.9. The first-order valence-corrected chi connectivity index (χ1v) is 10.2. The van der Waals surface area contributed by atoms with E-state index in [1.54, 1.807) is 0 Å². The summed E-state index contributed by atoms with van der Waals surface area (Å²) >= 11 is 5.89. The standard InChI is InChI=1S/C24H19ClN2O5/c25-21-11-14(9-10-19(21)23(29)30)27-22(28)12-26-24(31)32-13-20-17-7-3-1-5-15(17)16-6-2-4-8-18(16)20/h1-11,20H,12-13H2,(H,26,31)(H,27,28)(H,29,30). The molecular weight excluding hydrogens is 432 g/mol. The number of ether oxygens (including phenoxy) is 1. The molecule has 162 valence electrons. The van der Waals surface area contributed by atoms with E-state index in [1.807, 2.05) is 48.5 Å². The second-order valence-corrected chi connectivity index (χ2v) is 7.63. The predicted molar refractivity (Wildman–Crippen MR) is 120 cm³/mol. The molecule has 1 aliphatic carbocycles. The fraction of sp³-hybridized carbons (Fsp3) is 0.125. The normalized spacial score (nSPS) is 11.9. The Morgan fingerprint density at radius 3 is 2.16 bits per heavy atom. The van der Waals surface area contributed by atoms with Crippen LogP contribution in [0.25, 0.3) is 11.1 Å². The summed E-state index contributed by atoms with van der Waals surface area (Å²) in [6.45, 7) is -0.164. The SMILES string of the molecule is O=C(CNC(=O)OCC1c2ccccc2-c2ccccc21)Nc1ccc(C(=O)O)c(Cl)c1. The average molecular weight is 451 g/mol. The molecule has 2 amide bonds. The van der Waals surface area contributed by atoms with E-state index in [-0.39, 0.29) is 29.7 Å². The lowest BCUT2D eigenvalue weighted by molar-refractivity contribution is -0.115. The second-order valence-electron chi connectivity index (χ2n) is 7.23. The quantitative estimate of drug-likeness (QED) is 0.512. The molecule has 0 saturated carbocycles. The fourth-order valence-corrected chi connectivity index (χ4v) is 4.03. The zero-order valence-corrected chi connectivity index (χ0v) is 17.6. The third-order valence-electron chi connectivity index (χ3n) is 5.22. The number of halogens is 1. The Kier molecular flexibility index (Phi) is 6.09. The molecule has 0 aromatic heterocycles. The van der Waals surface area contributed by atoms with Crippen molar-refractivity contribution in [2.24, 2.45) is 0 Å². The number of carbonyl (C=O) groups is 3. The summed E-state index contributed by atoms with van der Waals surface area (Å²) in [7, 11) is 0. The Balaban J connectivity index is 1.31. The summed E-state index contributed by atoms with van der Waals surface area (Å²) < 4.78 is 5.39. The minimum Gasteiger partial charge on any atom is -0.478 e. The van der Waals surface area contributed by atoms with E-state index in [0.29, 0.717) is 5.69 Å². The Morgan fingerprint density at radius 2 is 1.56 bits per heavy atom. The zero-order valence-electron chi connectivity index (χ0n) is 16.8. The number of fused-ring (bicyclic) bond motifs is 3. The molecule has 3 N–H and O–H groups in total. The Bertz CT molecular complexity index is 1160. The molecule has 0 spiro atoms. The molecular formula is C24H19ClN2O5. The smallest absolute Gasteiger partial charge is 0.407 e. The van der Waals surface area contributed by atoms with Crippen molar-refractivity contribution in [2.75, 3.05) is 18.5 Å². The van der Waals surface area contributed by atoms with Crippen molar-refractivity contribution in [3.8, 4) is 11.1 Å². The van der Waals surface area contributed by atoms with Crippen LogP contribution in [-0.4, -0.2) is 36.2 Å². The van der Waals surface area contributed by atoms with Gasteiger partial charge in [0.15, 0.2) is 0 Å². The number of aromatic carboxylic acids is 1. The maximum Gasteiger partial charge on any atom is 0.407 e. The highest BCUT2D eigenvalue weighted by atomic mass is 35.5. The van der Waals surface area contributed by atoms with Crippen LogP contribution in [-0.2, 0) is 9.53 Å². The zero-order chi connectivity index (χ0) is 22.7. The van der Waals surface area contributed by atoms with Gasteiger partial charge in [0.05, 0.1) is 10.6 Å². The highest BCUT2D eigenvalue weighted by Crippen LogP contribution is 2.44. The molecule has 32 heavy (non-hydrogen) atoms. The van der Waals surface area contributed by atoms with Gasteiger partial charge < -0.3 is 20.5 Å². The molecule has 3 aromatic carbocycles. The van der Waals surface area contributed by atoms with Gasteiger partial charge >= 0.3 is 12.1 Å². The van der Waals surface area contributed by atoms with Gasteiger partial charge in [-0.25, -0.2) is 9.59 Å². The lowest BCUT2D eigenvalue weighted by Gasteiger charge is -2.14. The van der Waals surface area contributed by atoms with E-state index in [2.05, 4.69) is 10.6 Å². The number of alkyl carbamates (subject to hydrolysis) is 1. The summed E-state index contributed by atoms with van der Waals surface area (Å²) in [5.41, 5.74) is 4.70. The monoisotopic (exact) mass is 450 g/mol. The predicted octanol–water partition coefficient (Wildman–Crippen LogP) is 4.52. The van der Waals surface area contributed by atoms with Gasteiger partial charge in [0.1, 0.15) is 13.2 Å². The van der Waals surface area contributed by atoms with E-state index in [1.165, 1.54) is 18.2 Å². The first-order valence-electron chi connectivity index (χ1n) is 9.85. The largest absolute Gasteiger partial charge is 0.478 e. The third-order valence-corrected chi connectivity index (χ3v) is 5.53. The molecule has 0 atom stereocenters. The van der Waals surface area contributed by atoms with E-state index >= 15 is 0 Å². The van der Waals surface area contributed by atoms with E-state index in [4.69, 9.17) is 21.4 Å². The van der Waals surface area contributed by atoms with Crippen molar-refractivity contribution < 1.29 is 24.2 Å². The number of carboxylic acids is 1. The number of carbonyl (C=O) groups excluding carboxylic acids is 2. The van der Waals surface area contributed by atoms with Crippen LogP contribution in [0.15, 0.2) is 66.7 Å². The van der Waals surface area contributed by atoms with Gasteiger partial charge in [-0.2, -0.15) is 0 Å². The molecule has 0 bridgehead atoms. The average Bonchev–Trinajstić information content (AvgIpc) is 3.10. The number of hydrogen-bond acceptors (Lipinski definition) is 4. The highest BCUT2D eigenvalue weighted by molar-refractivity contribution is 6.33. The minimum atomic E-state index is -1.16. The van der Waals surface area contributed by atoms with Crippen LogP contribution < -0.4 is 10.6 Å². The Morgan fingerprint density at radius 1 is 0.938 bits per heavy atom. The van der Waals surface area contributed by atoms with Crippen molar-refractivity contribution in [1.29, 1.82) is 0 Å². The van der Waals surface area contributed by atoms with Crippen molar-refractivity contribution in [2.45, 2.75) is 5.92 Å². The molecule has 0 heterocycles. The minimum absolute atomic E-state index is 0.000190. The molecule has 3 aromatic rings. The van der Waals surface area contributed by atoms with Crippen LogP contribution in [0.2, 0.25) is 5.02 Å². The molecule has 0 aliphatic heterocycles. The molecule has 1 aliphatic rings. The first kappa shape index (κ1) is 21.4. The van der Waals surface area contributed by atoms with Crippen LogP contribution in [0.3, 0.4) is 0 Å². The maximum atomic E-state index is 12.2. The molecule has 0 radical (unpaired) electrons.